The number of carboxylic acids is 2. The van der Waals surface area contributed by atoms with Crippen LogP contribution in [0.25, 0.3) is 0 Å². The molecule has 9 N–H and O–H groups in total. The summed E-state index contributed by atoms with van der Waals surface area (Å²) in [5.41, 5.74) is 5.50. The van der Waals surface area contributed by atoms with Gasteiger partial charge in [-0.25, -0.2) is 4.79 Å². The molecule has 0 aliphatic heterocycles. The van der Waals surface area contributed by atoms with E-state index in [1.54, 1.807) is 13.8 Å². The summed E-state index contributed by atoms with van der Waals surface area (Å²) < 4.78 is 0. The molecule has 0 saturated heterocycles. The third-order valence-electron chi connectivity index (χ3n) is 4.22. The van der Waals surface area contributed by atoms with E-state index in [9.17, 15) is 34.2 Å². The van der Waals surface area contributed by atoms with Gasteiger partial charge in [0.2, 0.25) is 17.7 Å². The lowest BCUT2D eigenvalue weighted by atomic mass is 10.0. The first-order chi connectivity index (χ1) is 14.2. The quantitative estimate of drug-likeness (QED) is 0.144. The number of nitrogens with two attached hydrogens (primary N) is 1. The second-order valence-electron chi connectivity index (χ2n) is 7.68. The summed E-state index contributed by atoms with van der Waals surface area (Å²) in [6.07, 6.45) is -3.43. The first-order valence-corrected chi connectivity index (χ1v) is 9.64. The van der Waals surface area contributed by atoms with E-state index >= 15 is 0 Å². The van der Waals surface area contributed by atoms with Gasteiger partial charge >= 0.3 is 11.9 Å². The Morgan fingerprint density at radius 3 is 1.68 bits per heavy atom. The van der Waals surface area contributed by atoms with E-state index in [-0.39, 0.29) is 12.3 Å². The van der Waals surface area contributed by atoms with Gasteiger partial charge in [-0.15, -0.1) is 0 Å². The number of hydrogen-bond donors (Lipinski definition) is 8. The molecule has 6 atom stereocenters. The van der Waals surface area contributed by atoms with Gasteiger partial charge < -0.3 is 42.1 Å². The number of nitrogens with one attached hydrogen (secondary N) is 3. The number of carbonyl (C=O) groups is 5. The van der Waals surface area contributed by atoms with E-state index in [1.807, 2.05) is 0 Å². The lowest BCUT2D eigenvalue weighted by molar-refractivity contribution is -0.147. The summed E-state index contributed by atoms with van der Waals surface area (Å²) in [7, 11) is 0. The van der Waals surface area contributed by atoms with Crippen molar-refractivity contribution in [3.8, 4) is 0 Å². The Kier molecular flexibility index (Phi) is 11.7. The van der Waals surface area contributed by atoms with Gasteiger partial charge in [0.05, 0.1) is 18.6 Å². The first kappa shape index (κ1) is 28.2. The maximum absolute atomic E-state index is 12.6. The van der Waals surface area contributed by atoms with Gasteiger partial charge in [0, 0.05) is 0 Å². The molecule has 0 radical (unpaired) electrons. The van der Waals surface area contributed by atoms with Crippen molar-refractivity contribution in [2.45, 2.75) is 76.9 Å². The van der Waals surface area contributed by atoms with E-state index in [0.717, 1.165) is 0 Å². The van der Waals surface area contributed by atoms with Crippen LogP contribution in [0.15, 0.2) is 0 Å². The van der Waals surface area contributed by atoms with Crippen molar-refractivity contribution < 1.29 is 44.4 Å². The predicted molar refractivity (Wildman–Crippen MR) is 106 cm³/mol. The molecule has 0 rings (SSSR count). The van der Waals surface area contributed by atoms with Crippen molar-refractivity contribution >= 4 is 29.7 Å². The van der Waals surface area contributed by atoms with Crippen LogP contribution < -0.4 is 21.7 Å². The fourth-order valence-electron chi connectivity index (χ4n) is 2.49. The molecular weight excluding hydrogens is 416 g/mol. The van der Waals surface area contributed by atoms with E-state index < -0.39 is 72.5 Å². The van der Waals surface area contributed by atoms with Crippen LogP contribution in [0.2, 0.25) is 0 Å². The Morgan fingerprint density at radius 1 is 0.774 bits per heavy atom. The van der Waals surface area contributed by atoms with Crippen LogP contribution in [0.5, 0.6) is 0 Å². The molecule has 13 nitrogen and oxygen atoms in total. The monoisotopic (exact) mass is 448 g/mol. The molecule has 0 saturated carbocycles. The lowest BCUT2D eigenvalue weighted by Crippen LogP contribution is -2.60. The van der Waals surface area contributed by atoms with Crippen LogP contribution in [0.4, 0.5) is 0 Å². The molecule has 0 aromatic heterocycles. The molecule has 178 valence electrons. The van der Waals surface area contributed by atoms with Crippen LogP contribution >= 0.6 is 0 Å². The molecule has 0 fully saturated rings. The third kappa shape index (κ3) is 10.2. The molecule has 0 aromatic rings. The highest BCUT2D eigenvalue weighted by atomic mass is 16.4. The number of carbonyl (C=O) groups excluding carboxylic acids is 3. The molecule has 6 unspecified atom stereocenters. The zero-order chi connectivity index (χ0) is 24.5. The van der Waals surface area contributed by atoms with Crippen molar-refractivity contribution in [3.05, 3.63) is 0 Å². The Hall–Kier alpha value is -2.77. The highest BCUT2D eigenvalue weighted by molar-refractivity contribution is 5.95. The van der Waals surface area contributed by atoms with Crippen molar-refractivity contribution in [2.24, 2.45) is 11.7 Å². The second kappa shape index (κ2) is 12.8. The average Bonchev–Trinajstić information content (AvgIpc) is 2.62. The third-order valence-corrected chi connectivity index (χ3v) is 4.22. The topological polar surface area (TPSA) is 228 Å². The van der Waals surface area contributed by atoms with E-state index in [1.165, 1.54) is 13.8 Å². The molecular formula is C18H32N4O9. The minimum atomic E-state index is -1.71. The molecule has 31 heavy (non-hydrogen) atoms. The zero-order valence-electron chi connectivity index (χ0n) is 17.9. The van der Waals surface area contributed by atoms with E-state index in [0.29, 0.717) is 0 Å². The van der Waals surface area contributed by atoms with Crippen molar-refractivity contribution in [3.63, 3.8) is 0 Å². The molecule has 3 amide bonds. The summed E-state index contributed by atoms with van der Waals surface area (Å²) in [5, 5.41) is 43.8. The molecule has 0 aromatic carbocycles. The number of hydrogen-bond acceptors (Lipinski definition) is 8. The summed E-state index contributed by atoms with van der Waals surface area (Å²) in [5.74, 6) is -5.94. The molecule has 0 heterocycles. The average molecular weight is 448 g/mol. The highest BCUT2D eigenvalue weighted by Gasteiger charge is 2.33. The van der Waals surface area contributed by atoms with Gasteiger partial charge in [0.15, 0.2) is 0 Å². The van der Waals surface area contributed by atoms with Gasteiger partial charge in [-0.05, 0) is 26.2 Å². The summed E-state index contributed by atoms with van der Waals surface area (Å²) in [4.78, 5) is 59.2. The van der Waals surface area contributed by atoms with Crippen LogP contribution in [0.3, 0.4) is 0 Å². The molecule has 0 bridgehead atoms. The minimum absolute atomic E-state index is 0.0602. The van der Waals surface area contributed by atoms with Gasteiger partial charge in [0.25, 0.3) is 0 Å². The summed E-state index contributed by atoms with van der Waals surface area (Å²) >= 11 is 0. The first-order valence-electron chi connectivity index (χ1n) is 9.64. The van der Waals surface area contributed by atoms with E-state index in [2.05, 4.69) is 16.0 Å². The Bertz CT molecular complexity index is 666. The van der Waals surface area contributed by atoms with Gasteiger partial charge in [-0.1, -0.05) is 13.8 Å². The number of carboxylic acid groups (broad SMARTS) is 2. The normalized spacial score (nSPS) is 16.9. The Morgan fingerprint density at radius 2 is 1.29 bits per heavy atom. The maximum atomic E-state index is 12.6. The summed E-state index contributed by atoms with van der Waals surface area (Å²) in [6.45, 7) is 5.94. The fraction of sp³-hybridized carbons (Fsp3) is 0.722. The number of amides is 3. The van der Waals surface area contributed by atoms with Gasteiger partial charge in [0.1, 0.15) is 24.2 Å². The summed E-state index contributed by atoms with van der Waals surface area (Å²) in [6, 6.07) is -5.87. The van der Waals surface area contributed by atoms with Crippen LogP contribution in [0, 0.1) is 5.92 Å². The molecule has 0 aliphatic carbocycles. The largest absolute Gasteiger partial charge is 0.481 e. The maximum Gasteiger partial charge on any atom is 0.326 e. The van der Waals surface area contributed by atoms with Crippen molar-refractivity contribution in [2.75, 3.05) is 0 Å². The highest BCUT2D eigenvalue weighted by Crippen LogP contribution is 2.08. The van der Waals surface area contributed by atoms with Gasteiger partial charge in [-0.2, -0.15) is 0 Å². The minimum Gasteiger partial charge on any atom is -0.481 e. The van der Waals surface area contributed by atoms with Crippen molar-refractivity contribution in [1.29, 1.82) is 0 Å². The number of aliphatic hydroxyl groups excluding tert-OH is 2. The second-order valence-corrected chi connectivity index (χ2v) is 7.68. The van der Waals surface area contributed by atoms with Crippen LogP contribution in [-0.2, 0) is 24.0 Å². The molecule has 0 spiro atoms. The zero-order valence-corrected chi connectivity index (χ0v) is 17.9. The molecule has 13 heteroatoms. The smallest absolute Gasteiger partial charge is 0.326 e. The predicted octanol–water partition coefficient (Wildman–Crippen LogP) is -2.86. The number of rotatable bonds is 13. The molecule has 0 aliphatic rings. The Labute approximate surface area is 179 Å². The van der Waals surface area contributed by atoms with Gasteiger partial charge in [-0.3, -0.25) is 19.2 Å². The Balaban J connectivity index is 5.47. The van der Waals surface area contributed by atoms with Crippen LogP contribution in [-0.4, -0.2) is 86.5 Å². The standard InChI is InChI=1S/C18H32N4O9/c1-7(2)5-10(15(27)21-11(18(30)31)6-12(25)26)20-17(29)14(9(4)24)22-16(28)13(19)8(3)23/h7-11,13-14,23-24H,5-6,19H2,1-4H3,(H,20,29)(H,21,27)(H,22,28)(H,25,26)(H,30,31). The van der Waals surface area contributed by atoms with Crippen molar-refractivity contribution in [1.82, 2.24) is 16.0 Å². The number of aliphatic hydroxyl groups is 2. The number of aliphatic carboxylic acids is 2. The fourth-order valence-corrected chi connectivity index (χ4v) is 2.49. The lowest BCUT2D eigenvalue weighted by Gasteiger charge is -2.27. The van der Waals surface area contributed by atoms with E-state index in [4.69, 9.17) is 15.9 Å². The van der Waals surface area contributed by atoms with Crippen LogP contribution in [0.1, 0.15) is 40.5 Å². The SMILES string of the molecule is CC(C)CC(NC(=O)C(NC(=O)C(N)C(C)O)C(C)O)C(=O)NC(CC(=O)O)C(=O)O.